The number of ether oxygens (including phenoxy) is 1. The van der Waals surface area contributed by atoms with E-state index in [-0.39, 0.29) is 6.54 Å². The minimum absolute atomic E-state index is 0.262. The number of benzene rings is 1. The standard InChI is InChI=1S/C13H17NO4/c1-4-18-11-6-5-10(7-9(11)2)8-14(3)12(15)13(16)17/h5-7H,4,8H2,1-3H3,(H,16,17). The Kier molecular flexibility index (Phi) is 4.71. The zero-order valence-corrected chi connectivity index (χ0v) is 10.8. The van der Waals surface area contributed by atoms with Crippen LogP contribution in [0.2, 0.25) is 0 Å². The Bertz CT molecular complexity index is 456. The molecule has 1 amide bonds. The molecule has 0 unspecified atom stereocenters. The molecule has 1 rings (SSSR count). The summed E-state index contributed by atoms with van der Waals surface area (Å²) in [6.07, 6.45) is 0. The highest BCUT2D eigenvalue weighted by Crippen LogP contribution is 2.19. The summed E-state index contributed by atoms with van der Waals surface area (Å²) in [5.41, 5.74) is 1.83. The molecule has 18 heavy (non-hydrogen) atoms. The number of hydrogen-bond donors (Lipinski definition) is 1. The lowest BCUT2D eigenvalue weighted by Crippen LogP contribution is -2.32. The molecule has 5 nitrogen and oxygen atoms in total. The number of carbonyl (C=O) groups excluding carboxylic acids is 1. The van der Waals surface area contributed by atoms with Gasteiger partial charge in [-0.3, -0.25) is 4.79 Å². The summed E-state index contributed by atoms with van der Waals surface area (Å²) in [5, 5.41) is 8.59. The lowest BCUT2D eigenvalue weighted by molar-refractivity contribution is -0.155. The van der Waals surface area contributed by atoms with Crippen molar-refractivity contribution < 1.29 is 19.4 Å². The predicted octanol–water partition coefficient (Wildman–Crippen LogP) is 1.44. The monoisotopic (exact) mass is 251 g/mol. The fourth-order valence-corrected chi connectivity index (χ4v) is 1.64. The molecule has 1 aromatic carbocycles. The van der Waals surface area contributed by atoms with Crippen LogP contribution in [0.1, 0.15) is 18.1 Å². The summed E-state index contributed by atoms with van der Waals surface area (Å²) in [5.74, 6) is -1.56. The van der Waals surface area contributed by atoms with Crippen LogP contribution in [-0.2, 0) is 16.1 Å². The van der Waals surface area contributed by atoms with Gasteiger partial charge in [-0.05, 0) is 31.0 Å². The first-order valence-corrected chi connectivity index (χ1v) is 5.66. The molecule has 5 heteroatoms. The van der Waals surface area contributed by atoms with Crippen LogP contribution in [-0.4, -0.2) is 35.5 Å². The minimum atomic E-state index is -1.44. The Morgan fingerprint density at radius 1 is 1.39 bits per heavy atom. The lowest BCUT2D eigenvalue weighted by Gasteiger charge is -2.15. The van der Waals surface area contributed by atoms with Crippen LogP contribution in [0.25, 0.3) is 0 Å². The Morgan fingerprint density at radius 2 is 2.06 bits per heavy atom. The molecule has 0 radical (unpaired) electrons. The summed E-state index contributed by atoms with van der Waals surface area (Å²) in [6, 6.07) is 5.54. The van der Waals surface area contributed by atoms with Gasteiger partial charge in [0, 0.05) is 13.6 Å². The molecule has 1 N–H and O–H groups in total. The Hall–Kier alpha value is -2.04. The second-order valence-electron chi connectivity index (χ2n) is 4.00. The number of nitrogens with zero attached hydrogens (tertiary/aromatic N) is 1. The van der Waals surface area contributed by atoms with Gasteiger partial charge in [0.05, 0.1) is 6.61 Å². The van der Waals surface area contributed by atoms with Crippen LogP contribution in [0.3, 0.4) is 0 Å². The number of amides is 1. The van der Waals surface area contributed by atoms with Crippen molar-refractivity contribution in [1.29, 1.82) is 0 Å². The van der Waals surface area contributed by atoms with Crippen molar-refractivity contribution >= 4 is 11.9 Å². The van der Waals surface area contributed by atoms with Crippen molar-refractivity contribution in [3.05, 3.63) is 29.3 Å². The summed E-state index contributed by atoms with van der Waals surface area (Å²) in [6.45, 7) is 4.68. The van der Waals surface area contributed by atoms with Gasteiger partial charge in [0.2, 0.25) is 0 Å². The third-order valence-corrected chi connectivity index (χ3v) is 2.49. The fraction of sp³-hybridized carbons (Fsp3) is 0.385. The highest BCUT2D eigenvalue weighted by Gasteiger charge is 2.17. The van der Waals surface area contributed by atoms with Crippen LogP contribution in [0.5, 0.6) is 5.75 Å². The fourth-order valence-electron chi connectivity index (χ4n) is 1.64. The normalized spacial score (nSPS) is 9.94. The third kappa shape index (κ3) is 3.48. The van der Waals surface area contributed by atoms with Gasteiger partial charge in [-0.2, -0.15) is 0 Å². The largest absolute Gasteiger partial charge is 0.494 e. The van der Waals surface area contributed by atoms with E-state index in [9.17, 15) is 9.59 Å². The zero-order chi connectivity index (χ0) is 13.7. The minimum Gasteiger partial charge on any atom is -0.494 e. The smallest absolute Gasteiger partial charge is 0.394 e. The van der Waals surface area contributed by atoms with E-state index in [1.165, 1.54) is 7.05 Å². The highest BCUT2D eigenvalue weighted by atomic mass is 16.5. The van der Waals surface area contributed by atoms with E-state index in [0.29, 0.717) is 6.61 Å². The molecule has 0 atom stereocenters. The predicted molar refractivity (Wildman–Crippen MR) is 66.5 cm³/mol. The van der Waals surface area contributed by atoms with E-state index in [1.807, 2.05) is 32.0 Å². The number of rotatable bonds is 4. The number of carboxylic acids is 1. The summed E-state index contributed by atoms with van der Waals surface area (Å²) in [4.78, 5) is 22.9. The van der Waals surface area contributed by atoms with Crippen molar-refractivity contribution in [3.8, 4) is 5.75 Å². The number of carboxylic acid groups (broad SMARTS) is 1. The van der Waals surface area contributed by atoms with E-state index in [2.05, 4.69) is 0 Å². The molecular formula is C13H17NO4. The van der Waals surface area contributed by atoms with Crippen LogP contribution >= 0.6 is 0 Å². The molecule has 0 heterocycles. The van der Waals surface area contributed by atoms with Gasteiger partial charge in [0.15, 0.2) is 0 Å². The van der Waals surface area contributed by atoms with Crippen molar-refractivity contribution in [3.63, 3.8) is 0 Å². The van der Waals surface area contributed by atoms with E-state index < -0.39 is 11.9 Å². The molecule has 0 fully saturated rings. The third-order valence-electron chi connectivity index (χ3n) is 2.49. The molecular weight excluding hydrogens is 234 g/mol. The van der Waals surface area contributed by atoms with Gasteiger partial charge in [0.25, 0.3) is 0 Å². The van der Waals surface area contributed by atoms with E-state index in [0.717, 1.165) is 21.8 Å². The maximum absolute atomic E-state index is 11.2. The molecule has 0 aliphatic rings. The van der Waals surface area contributed by atoms with Gasteiger partial charge in [0.1, 0.15) is 5.75 Å². The second kappa shape index (κ2) is 6.05. The lowest BCUT2D eigenvalue weighted by atomic mass is 10.1. The first-order chi connectivity index (χ1) is 8.45. The number of carbonyl (C=O) groups is 2. The van der Waals surface area contributed by atoms with Crippen molar-refractivity contribution in [2.24, 2.45) is 0 Å². The molecule has 0 aliphatic heterocycles. The molecule has 0 spiro atoms. The zero-order valence-electron chi connectivity index (χ0n) is 10.8. The van der Waals surface area contributed by atoms with E-state index in [1.54, 1.807) is 0 Å². The summed E-state index contributed by atoms with van der Waals surface area (Å²) < 4.78 is 5.41. The number of hydrogen-bond acceptors (Lipinski definition) is 3. The van der Waals surface area contributed by atoms with Crippen molar-refractivity contribution in [2.75, 3.05) is 13.7 Å². The van der Waals surface area contributed by atoms with Crippen LogP contribution < -0.4 is 4.74 Å². The van der Waals surface area contributed by atoms with Gasteiger partial charge < -0.3 is 14.7 Å². The SMILES string of the molecule is CCOc1ccc(CN(C)C(=O)C(=O)O)cc1C. The molecule has 0 bridgehead atoms. The molecule has 0 saturated carbocycles. The van der Waals surface area contributed by atoms with Gasteiger partial charge in [-0.1, -0.05) is 12.1 Å². The number of aryl methyl sites for hydroxylation is 1. The maximum atomic E-state index is 11.2. The summed E-state index contributed by atoms with van der Waals surface area (Å²) in [7, 11) is 1.46. The van der Waals surface area contributed by atoms with Crippen LogP contribution in [0, 0.1) is 6.92 Å². The molecule has 0 saturated heterocycles. The molecule has 1 aromatic rings. The van der Waals surface area contributed by atoms with E-state index in [4.69, 9.17) is 9.84 Å². The van der Waals surface area contributed by atoms with E-state index >= 15 is 0 Å². The van der Waals surface area contributed by atoms with Crippen LogP contribution in [0.4, 0.5) is 0 Å². The quantitative estimate of drug-likeness (QED) is 0.822. The first-order valence-electron chi connectivity index (χ1n) is 5.66. The van der Waals surface area contributed by atoms with Crippen LogP contribution in [0.15, 0.2) is 18.2 Å². The Balaban J connectivity index is 2.77. The molecule has 98 valence electrons. The molecule has 0 aliphatic carbocycles. The molecule has 0 aromatic heterocycles. The van der Waals surface area contributed by atoms with Crippen molar-refractivity contribution in [1.82, 2.24) is 4.90 Å². The number of likely N-dealkylation sites (N-methyl/N-ethyl adjacent to an activating group) is 1. The van der Waals surface area contributed by atoms with Gasteiger partial charge in [-0.15, -0.1) is 0 Å². The number of aliphatic carboxylic acids is 1. The topological polar surface area (TPSA) is 66.8 Å². The van der Waals surface area contributed by atoms with Crippen molar-refractivity contribution in [2.45, 2.75) is 20.4 Å². The maximum Gasteiger partial charge on any atom is 0.394 e. The Morgan fingerprint density at radius 3 is 2.56 bits per heavy atom. The van der Waals surface area contributed by atoms with Gasteiger partial charge >= 0.3 is 11.9 Å². The average Bonchev–Trinajstić information content (AvgIpc) is 2.31. The Labute approximate surface area is 106 Å². The highest BCUT2D eigenvalue weighted by molar-refractivity contribution is 6.31. The summed E-state index contributed by atoms with van der Waals surface area (Å²) >= 11 is 0. The second-order valence-corrected chi connectivity index (χ2v) is 4.00. The van der Waals surface area contributed by atoms with Gasteiger partial charge in [-0.25, -0.2) is 4.79 Å². The first kappa shape index (κ1) is 14.0. The average molecular weight is 251 g/mol.